The van der Waals surface area contributed by atoms with Crippen molar-refractivity contribution in [3.05, 3.63) is 41.7 Å². The Hall–Kier alpha value is -1.82. The van der Waals surface area contributed by atoms with Crippen LogP contribution in [0.4, 0.5) is 0 Å². The van der Waals surface area contributed by atoms with Crippen LogP contribution in [0.1, 0.15) is 18.3 Å². The molecule has 20 heavy (non-hydrogen) atoms. The number of aromatic nitrogens is 3. The van der Waals surface area contributed by atoms with Crippen molar-refractivity contribution in [2.75, 3.05) is 5.75 Å². The summed E-state index contributed by atoms with van der Waals surface area (Å²) in [5, 5.41) is 11.8. The fraction of sp³-hybridized carbons (Fsp3) is 0.357. The Balaban J connectivity index is 1.79. The zero-order valence-corrected chi connectivity index (χ0v) is 12.5. The fourth-order valence-corrected chi connectivity index (χ4v) is 2.52. The molecule has 0 aliphatic rings. The molecule has 0 radical (unpaired) electrons. The topological polar surface area (TPSA) is 59.8 Å². The highest BCUT2D eigenvalue weighted by Crippen LogP contribution is 2.15. The monoisotopic (exact) mass is 290 g/mol. The quantitative estimate of drug-likeness (QED) is 0.824. The number of nitrogens with zero attached hydrogens (tertiary/aromatic N) is 3. The summed E-state index contributed by atoms with van der Waals surface area (Å²) in [6.45, 7) is 2.59. The van der Waals surface area contributed by atoms with Crippen molar-refractivity contribution in [2.45, 2.75) is 25.0 Å². The maximum absolute atomic E-state index is 11.8. The van der Waals surface area contributed by atoms with Crippen LogP contribution in [0.25, 0.3) is 0 Å². The molecule has 0 saturated heterocycles. The molecule has 0 bridgehead atoms. The molecule has 106 valence electrons. The highest BCUT2D eigenvalue weighted by Gasteiger charge is 2.09. The number of aryl methyl sites for hydroxylation is 1. The Bertz CT molecular complexity index is 568. The van der Waals surface area contributed by atoms with E-state index in [2.05, 4.69) is 15.5 Å². The molecule has 1 amide bonds. The summed E-state index contributed by atoms with van der Waals surface area (Å²) in [5.74, 6) is 1.28. The predicted molar refractivity (Wildman–Crippen MR) is 79.4 cm³/mol. The number of hydrogen-bond acceptors (Lipinski definition) is 4. The lowest BCUT2D eigenvalue weighted by Crippen LogP contribution is -2.24. The molecule has 6 heteroatoms. The van der Waals surface area contributed by atoms with Crippen LogP contribution in [-0.4, -0.2) is 26.4 Å². The van der Waals surface area contributed by atoms with Gasteiger partial charge in [0.2, 0.25) is 5.91 Å². The second-order valence-corrected chi connectivity index (χ2v) is 5.30. The summed E-state index contributed by atoms with van der Waals surface area (Å²) >= 11 is 1.40. The van der Waals surface area contributed by atoms with E-state index in [1.165, 1.54) is 11.8 Å². The van der Waals surface area contributed by atoms with E-state index in [0.717, 1.165) is 23.0 Å². The van der Waals surface area contributed by atoms with Gasteiger partial charge in [0.15, 0.2) is 5.16 Å². The summed E-state index contributed by atoms with van der Waals surface area (Å²) in [6.07, 6.45) is 0.838. The molecule has 0 aliphatic carbocycles. The van der Waals surface area contributed by atoms with E-state index in [4.69, 9.17) is 0 Å². The molecule has 0 saturated carbocycles. The summed E-state index contributed by atoms with van der Waals surface area (Å²) in [6, 6.07) is 9.86. The number of rotatable bonds is 6. The van der Waals surface area contributed by atoms with Gasteiger partial charge >= 0.3 is 0 Å². The van der Waals surface area contributed by atoms with Crippen LogP contribution in [0, 0.1) is 0 Å². The molecule has 1 N–H and O–H groups in total. The minimum absolute atomic E-state index is 0.0000912. The van der Waals surface area contributed by atoms with Gasteiger partial charge in [-0.25, -0.2) is 0 Å². The highest BCUT2D eigenvalue weighted by molar-refractivity contribution is 7.99. The highest BCUT2D eigenvalue weighted by atomic mass is 32.2. The number of carbonyl (C=O) groups is 1. The largest absolute Gasteiger partial charge is 0.351 e. The molecular formula is C14H18N4OS. The van der Waals surface area contributed by atoms with Crippen LogP contribution in [0.3, 0.4) is 0 Å². The Labute approximate surface area is 122 Å². The Kier molecular flexibility index (Phi) is 5.17. The first-order chi connectivity index (χ1) is 9.70. The second-order valence-electron chi connectivity index (χ2n) is 4.36. The van der Waals surface area contributed by atoms with Crippen LogP contribution in [-0.2, 0) is 24.8 Å². The molecule has 0 fully saturated rings. The third-order valence-corrected chi connectivity index (χ3v) is 3.93. The van der Waals surface area contributed by atoms with Gasteiger partial charge in [-0.15, -0.1) is 10.2 Å². The summed E-state index contributed by atoms with van der Waals surface area (Å²) in [4.78, 5) is 11.8. The van der Waals surface area contributed by atoms with Gasteiger partial charge in [-0.3, -0.25) is 4.79 Å². The van der Waals surface area contributed by atoms with Crippen LogP contribution in [0.15, 0.2) is 35.5 Å². The molecule has 2 aromatic rings. The van der Waals surface area contributed by atoms with Crippen LogP contribution < -0.4 is 5.32 Å². The number of benzene rings is 1. The first-order valence-electron chi connectivity index (χ1n) is 6.52. The third-order valence-electron chi connectivity index (χ3n) is 2.91. The van der Waals surface area contributed by atoms with Gasteiger partial charge in [0.1, 0.15) is 5.82 Å². The molecule has 0 aliphatic heterocycles. The molecule has 2 rings (SSSR count). The fourth-order valence-electron chi connectivity index (χ4n) is 1.76. The zero-order valence-electron chi connectivity index (χ0n) is 11.7. The minimum atomic E-state index is -0.0000912. The van der Waals surface area contributed by atoms with Crippen molar-refractivity contribution in [2.24, 2.45) is 7.05 Å². The lowest BCUT2D eigenvalue weighted by atomic mass is 10.2. The van der Waals surface area contributed by atoms with Gasteiger partial charge in [0, 0.05) is 20.0 Å². The van der Waals surface area contributed by atoms with Crippen molar-refractivity contribution in [3.8, 4) is 0 Å². The zero-order chi connectivity index (χ0) is 14.4. The Morgan fingerprint density at radius 1 is 1.30 bits per heavy atom. The molecule has 0 unspecified atom stereocenters. The Morgan fingerprint density at radius 2 is 2.05 bits per heavy atom. The lowest BCUT2D eigenvalue weighted by Gasteiger charge is -2.05. The minimum Gasteiger partial charge on any atom is -0.351 e. The molecule has 1 heterocycles. The second kappa shape index (κ2) is 7.09. The molecule has 1 aromatic heterocycles. The molecule has 5 nitrogen and oxygen atoms in total. The van der Waals surface area contributed by atoms with Crippen molar-refractivity contribution in [1.82, 2.24) is 20.1 Å². The standard InChI is InChI=1S/C14H18N4OS/c1-3-12-16-17-14(18(12)2)20-10-13(19)15-9-11-7-5-4-6-8-11/h4-8H,3,9-10H2,1-2H3,(H,15,19). The van der Waals surface area contributed by atoms with Gasteiger partial charge in [0.05, 0.1) is 5.75 Å². The van der Waals surface area contributed by atoms with E-state index in [9.17, 15) is 4.79 Å². The Morgan fingerprint density at radius 3 is 2.70 bits per heavy atom. The van der Waals surface area contributed by atoms with E-state index in [1.54, 1.807) is 0 Å². The number of amides is 1. The molecular weight excluding hydrogens is 272 g/mol. The number of carbonyl (C=O) groups excluding carboxylic acids is 1. The smallest absolute Gasteiger partial charge is 0.230 e. The average molecular weight is 290 g/mol. The lowest BCUT2D eigenvalue weighted by molar-refractivity contribution is -0.118. The van der Waals surface area contributed by atoms with Crippen molar-refractivity contribution >= 4 is 17.7 Å². The van der Waals surface area contributed by atoms with Gasteiger partial charge < -0.3 is 9.88 Å². The number of thioether (sulfide) groups is 1. The third kappa shape index (κ3) is 3.84. The normalized spacial score (nSPS) is 10.5. The number of nitrogens with one attached hydrogen (secondary N) is 1. The molecule has 1 aromatic carbocycles. The van der Waals surface area contributed by atoms with E-state index in [1.807, 2.05) is 48.9 Å². The summed E-state index contributed by atoms with van der Waals surface area (Å²) < 4.78 is 1.93. The van der Waals surface area contributed by atoms with Crippen LogP contribution in [0.2, 0.25) is 0 Å². The van der Waals surface area contributed by atoms with Crippen LogP contribution >= 0.6 is 11.8 Å². The van der Waals surface area contributed by atoms with E-state index >= 15 is 0 Å². The first-order valence-corrected chi connectivity index (χ1v) is 7.51. The molecule has 0 atom stereocenters. The van der Waals surface area contributed by atoms with Crippen LogP contribution in [0.5, 0.6) is 0 Å². The van der Waals surface area contributed by atoms with Gasteiger partial charge in [-0.1, -0.05) is 49.0 Å². The average Bonchev–Trinajstić information content (AvgIpc) is 2.84. The molecule has 0 spiro atoms. The maximum atomic E-state index is 11.8. The van der Waals surface area contributed by atoms with E-state index in [0.29, 0.717) is 12.3 Å². The van der Waals surface area contributed by atoms with Crippen molar-refractivity contribution < 1.29 is 4.79 Å². The van der Waals surface area contributed by atoms with Crippen molar-refractivity contribution in [1.29, 1.82) is 0 Å². The van der Waals surface area contributed by atoms with Gasteiger partial charge in [0.25, 0.3) is 0 Å². The summed E-state index contributed by atoms with van der Waals surface area (Å²) in [5.41, 5.74) is 1.10. The van der Waals surface area contributed by atoms with Gasteiger partial charge in [-0.2, -0.15) is 0 Å². The van der Waals surface area contributed by atoms with E-state index < -0.39 is 0 Å². The van der Waals surface area contributed by atoms with Crippen molar-refractivity contribution in [3.63, 3.8) is 0 Å². The first kappa shape index (κ1) is 14.6. The van der Waals surface area contributed by atoms with E-state index in [-0.39, 0.29) is 5.91 Å². The maximum Gasteiger partial charge on any atom is 0.230 e. The SMILES string of the molecule is CCc1nnc(SCC(=O)NCc2ccccc2)n1C. The predicted octanol–water partition coefficient (Wildman–Crippen LogP) is 1.79. The summed E-state index contributed by atoms with van der Waals surface area (Å²) in [7, 11) is 1.92. The van der Waals surface area contributed by atoms with Gasteiger partial charge in [-0.05, 0) is 5.56 Å². The number of hydrogen-bond donors (Lipinski definition) is 1.